The van der Waals surface area contributed by atoms with Crippen LogP contribution in [0.1, 0.15) is 15.9 Å². The molecule has 0 atom stereocenters. The summed E-state index contributed by atoms with van der Waals surface area (Å²) in [5.74, 6) is -1.04. The third-order valence-corrected chi connectivity index (χ3v) is 4.75. The Kier molecular flexibility index (Phi) is 6.85. The molecule has 0 unspecified atom stereocenters. The highest BCUT2D eigenvalue weighted by Crippen LogP contribution is 2.25. The van der Waals surface area contributed by atoms with E-state index in [2.05, 4.69) is 25.9 Å². The summed E-state index contributed by atoms with van der Waals surface area (Å²) >= 11 is 1.41. The van der Waals surface area contributed by atoms with E-state index < -0.39 is 24.6 Å². The Labute approximate surface area is 173 Å². The second kappa shape index (κ2) is 9.55. The molecule has 7 nitrogen and oxygen atoms in total. The summed E-state index contributed by atoms with van der Waals surface area (Å²) in [6, 6.07) is 13.4. The van der Waals surface area contributed by atoms with Crippen molar-refractivity contribution in [2.24, 2.45) is 0 Å². The Morgan fingerprint density at radius 3 is 2.47 bits per heavy atom. The second-order valence-electron chi connectivity index (χ2n) is 6.15. The maximum absolute atomic E-state index is 12.1. The number of carbonyl (C=O) groups is 2. The largest absolute Gasteiger partial charge is 0.411 e. The van der Waals surface area contributed by atoms with Crippen LogP contribution >= 0.6 is 11.3 Å². The van der Waals surface area contributed by atoms with Crippen molar-refractivity contribution >= 4 is 38.5 Å². The van der Waals surface area contributed by atoms with Crippen LogP contribution in [0.25, 0.3) is 10.2 Å². The highest BCUT2D eigenvalue weighted by molar-refractivity contribution is 7.22. The lowest BCUT2D eigenvalue weighted by atomic mass is 10.1. The number of halogens is 3. The van der Waals surface area contributed by atoms with E-state index in [9.17, 15) is 22.8 Å². The van der Waals surface area contributed by atoms with E-state index in [0.29, 0.717) is 10.7 Å². The van der Waals surface area contributed by atoms with E-state index in [1.165, 1.54) is 35.6 Å². The van der Waals surface area contributed by atoms with Crippen molar-refractivity contribution in [1.82, 2.24) is 15.8 Å². The van der Waals surface area contributed by atoms with Crippen LogP contribution in [0.5, 0.6) is 0 Å². The summed E-state index contributed by atoms with van der Waals surface area (Å²) in [4.78, 5) is 28.3. The minimum atomic E-state index is -4.39. The average Bonchev–Trinajstić information content (AvgIpc) is 3.13. The van der Waals surface area contributed by atoms with Gasteiger partial charge in [-0.25, -0.2) is 4.98 Å². The first-order chi connectivity index (χ1) is 14.3. The van der Waals surface area contributed by atoms with Crippen molar-refractivity contribution in [2.45, 2.75) is 12.8 Å². The van der Waals surface area contributed by atoms with Crippen LogP contribution in [0.2, 0.25) is 0 Å². The maximum Gasteiger partial charge on any atom is 0.411 e. The lowest BCUT2D eigenvalue weighted by molar-refractivity contribution is -0.176. The molecule has 3 aromatic rings. The Morgan fingerprint density at radius 1 is 1.03 bits per heavy atom. The number of aromatic nitrogens is 1. The van der Waals surface area contributed by atoms with Crippen LogP contribution in [-0.4, -0.2) is 36.1 Å². The van der Waals surface area contributed by atoms with Crippen LogP contribution in [0.3, 0.4) is 0 Å². The number of hydrogen-bond acceptors (Lipinski definition) is 6. The molecule has 0 bridgehead atoms. The third-order valence-electron chi connectivity index (χ3n) is 3.76. The van der Waals surface area contributed by atoms with Gasteiger partial charge in [-0.3, -0.25) is 20.4 Å². The van der Waals surface area contributed by atoms with Crippen molar-refractivity contribution < 1.29 is 27.5 Å². The van der Waals surface area contributed by atoms with Crippen LogP contribution in [0.15, 0.2) is 48.5 Å². The normalized spacial score (nSPS) is 11.3. The zero-order valence-corrected chi connectivity index (χ0v) is 16.3. The molecule has 0 spiro atoms. The molecule has 0 radical (unpaired) electrons. The average molecular weight is 438 g/mol. The summed E-state index contributed by atoms with van der Waals surface area (Å²) in [6.45, 7) is -1.66. The number of benzene rings is 2. The molecule has 3 rings (SSSR count). The molecule has 1 heterocycles. The molecule has 0 aliphatic rings. The fraction of sp³-hybridized carbons (Fsp3) is 0.211. The van der Waals surface area contributed by atoms with Gasteiger partial charge in [-0.05, 0) is 29.8 Å². The van der Waals surface area contributed by atoms with Gasteiger partial charge in [0.1, 0.15) is 6.61 Å². The zero-order chi connectivity index (χ0) is 21.6. The lowest BCUT2D eigenvalue weighted by Crippen LogP contribution is -2.44. The number of ether oxygens (including phenoxy) is 1. The van der Waals surface area contributed by atoms with Crippen molar-refractivity contribution in [3.63, 3.8) is 0 Å². The van der Waals surface area contributed by atoms with E-state index in [0.717, 1.165) is 10.2 Å². The summed E-state index contributed by atoms with van der Waals surface area (Å²) in [5.41, 5.74) is 6.09. The predicted octanol–water partition coefficient (Wildman–Crippen LogP) is 3.25. The fourth-order valence-electron chi connectivity index (χ4n) is 2.38. The van der Waals surface area contributed by atoms with Crippen LogP contribution in [0, 0.1) is 0 Å². The van der Waals surface area contributed by atoms with Crippen molar-refractivity contribution in [3.05, 3.63) is 59.7 Å². The molecule has 0 fully saturated rings. The quantitative estimate of drug-likeness (QED) is 0.493. The smallest absolute Gasteiger partial charge is 0.367 e. The summed E-state index contributed by atoms with van der Waals surface area (Å²) in [7, 11) is 0. The van der Waals surface area contributed by atoms with Crippen molar-refractivity contribution in [1.29, 1.82) is 0 Å². The van der Waals surface area contributed by atoms with Gasteiger partial charge in [0.05, 0.1) is 23.4 Å². The number of carbonyl (C=O) groups excluding carboxylic acids is 2. The van der Waals surface area contributed by atoms with E-state index in [4.69, 9.17) is 0 Å². The van der Waals surface area contributed by atoms with Gasteiger partial charge in [0.15, 0.2) is 5.13 Å². The van der Waals surface area contributed by atoms with E-state index in [1.54, 1.807) is 0 Å². The minimum absolute atomic E-state index is 0.0877. The van der Waals surface area contributed by atoms with Gasteiger partial charge in [-0.2, -0.15) is 13.2 Å². The molecule has 0 aliphatic heterocycles. The lowest BCUT2D eigenvalue weighted by Gasteiger charge is -2.09. The van der Waals surface area contributed by atoms with Gasteiger partial charge < -0.3 is 10.1 Å². The number of hydrogen-bond donors (Lipinski definition) is 3. The Bertz CT molecular complexity index is 989. The van der Waals surface area contributed by atoms with Gasteiger partial charge in [-0.1, -0.05) is 35.6 Å². The van der Waals surface area contributed by atoms with Gasteiger partial charge >= 0.3 is 6.18 Å². The standard InChI is InChI=1S/C19H17F3N4O3S/c20-19(21,22)11-29-10-12-5-7-13(8-6-12)17(28)26-25-16(27)9-23-18-24-14-3-1-2-4-15(14)30-18/h1-8H,9-11H2,(H,23,24)(H,25,27)(H,26,28). The predicted molar refractivity (Wildman–Crippen MR) is 106 cm³/mol. The Morgan fingerprint density at radius 2 is 1.77 bits per heavy atom. The SMILES string of the molecule is O=C(CNc1nc2ccccc2s1)NNC(=O)c1ccc(COCC(F)(F)F)cc1. The van der Waals surface area contributed by atoms with E-state index in [1.807, 2.05) is 24.3 Å². The minimum Gasteiger partial charge on any atom is -0.367 e. The highest BCUT2D eigenvalue weighted by Gasteiger charge is 2.27. The van der Waals surface area contributed by atoms with E-state index >= 15 is 0 Å². The molecule has 30 heavy (non-hydrogen) atoms. The van der Waals surface area contributed by atoms with Gasteiger partial charge in [0, 0.05) is 5.56 Å². The molecular formula is C19H17F3N4O3S. The first kappa shape index (κ1) is 21.5. The van der Waals surface area contributed by atoms with Crippen molar-refractivity contribution in [3.8, 4) is 0 Å². The highest BCUT2D eigenvalue weighted by atomic mass is 32.1. The summed E-state index contributed by atoms with van der Waals surface area (Å²) in [5, 5.41) is 3.47. The van der Waals surface area contributed by atoms with Crippen LogP contribution in [0.4, 0.5) is 18.3 Å². The first-order valence-electron chi connectivity index (χ1n) is 8.72. The molecule has 2 aromatic carbocycles. The summed E-state index contributed by atoms with van der Waals surface area (Å²) < 4.78 is 41.7. The third kappa shape index (κ3) is 6.42. The van der Waals surface area contributed by atoms with Crippen LogP contribution in [-0.2, 0) is 16.1 Å². The first-order valence-corrected chi connectivity index (χ1v) is 9.54. The number of anilines is 1. The maximum atomic E-state index is 12.1. The molecule has 2 amide bonds. The molecule has 3 N–H and O–H groups in total. The number of thiazole rings is 1. The number of nitrogens with zero attached hydrogens (tertiary/aromatic N) is 1. The summed E-state index contributed by atoms with van der Waals surface area (Å²) in [6.07, 6.45) is -4.39. The van der Waals surface area contributed by atoms with Crippen LogP contribution < -0.4 is 16.2 Å². The topological polar surface area (TPSA) is 92.4 Å². The van der Waals surface area contributed by atoms with Crippen molar-refractivity contribution in [2.75, 3.05) is 18.5 Å². The second-order valence-corrected chi connectivity index (χ2v) is 7.18. The van der Waals surface area contributed by atoms with Gasteiger partial charge in [0.2, 0.25) is 0 Å². The molecule has 1 aromatic heterocycles. The zero-order valence-electron chi connectivity index (χ0n) is 15.5. The number of rotatable bonds is 7. The monoisotopic (exact) mass is 438 g/mol. The number of para-hydroxylation sites is 1. The molecule has 0 saturated carbocycles. The Hall–Kier alpha value is -3.18. The Balaban J connectivity index is 1.41. The fourth-order valence-corrected chi connectivity index (χ4v) is 3.25. The van der Waals surface area contributed by atoms with Gasteiger partial charge in [0.25, 0.3) is 11.8 Å². The van der Waals surface area contributed by atoms with E-state index in [-0.39, 0.29) is 18.7 Å². The molecule has 11 heteroatoms. The number of nitrogens with one attached hydrogen (secondary N) is 3. The molecule has 0 saturated heterocycles. The molecular weight excluding hydrogens is 421 g/mol. The number of hydrazine groups is 1. The number of alkyl halides is 3. The molecule has 0 aliphatic carbocycles. The number of amides is 2. The van der Waals surface area contributed by atoms with Gasteiger partial charge in [-0.15, -0.1) is 0 Å². The molecule has 158 valence electrons. The number of fused-ring (bicyclic) bond motifs is 1.